The molecule has 0 aromatic carbocycles. The second-order valence-electron chi connectivity index (χ2n) is 3.64. The van der Waals surface area contributed by atoms with E-state index in [4.69, 9.17) is 19.9 Å². The van der Waals surface area contributed by atoms with E-state index in [1.54, 1.807) is 18.7 Å². The molecule has 0 bridgehead atoms. The molecule has 0 fully saturated rings. The van der Waals surface area contributed by atoms with E-state index < -0.39 is 5.97 Å². The maximum Gasteiger partial charge on any atom is 0.360 e. The molecule has 0 radical (unpaired) electrons. The average Bonchev–Trinajstić information content (AvgIpc) is 2.81. The number of carbonyl (C=O) groups excluding carboxylic acids is 1. The molecular weight excluding hydrogens is 252 g/mol. The van der Waals surface area contributed by atoms with Gasteiger partial charge in [-0.1, -0.05) is 5.21 Å². The predicted molar refractivity (Wildman–Crippen MR) is 66.6 cm³/mol. The lowest BCUT2D eigenvalue weighted by Gasteiger charge is -2.06. The fourth-order valence-electron chi connectivity index (χ4n) is 1.47. The first-order valence-corrected chi connectivity index (χ1v) is 6.10. The second-order valence-corrected chi connectivity index (χ2v) is 3.64. The van der Waals surface area contributed by atoms with Gasteiger partial charge in [-0.05, 0) is 6.92 Å². The van der Waals surface area contributed by atoms with E-state index in [0.29, 0.717) is 32.1 Å². The molecule has 0 atom stereocenters. The highest BCUT2D eigenvalue weighted by atomic mass is 16.5. The van der Waals surface area contributed by atoms with Gasteiger partial charge in [0, 0.05) is 13.7 Å². The van der Waals surface area contributed by atoms with Crippen LogP contribution in [0.25, 0.3) is 0 Å². The zero-order valence-electron chi connectivity index (χ0n) is 11.3. The zero-order chi connectivity index (χ0) is 14.1. The lowest BCUT2D eigenvalue weighted by atomic mass is 10.3. The molecule has 0 aliphatic heterocycles. The minimum Gasteiger partial charge on any atom is -0.461 e. The van der Waals surface area contributed by atoms with Crippen LogP contribution in [0, 0.1) is 0 Å². The summed E-state index contributed by atoms with van der Waals surface area (Å²) in [5.41, 5.74) is 6.33. The minimum absolute atomic E-state index is 0.166. The lowest BCUT2D eigenvalue weighted by Crippen LogP contribution is -2.17. The molecule has 8 nitrogen and oxygen atoms in total. The van der Waals surface area contributed by atoms with E-state index in [2.05, 4.69) is 10.3 Å². The molecule has 0 spiro atoms. The highest BCUT2D eigenvalue weighted by Gasteiger charge is 2.19. The number of methoxy groups -OCH3 is 1. The Kier molecular flexibility index (Phi) is 7.01. The molecule has 0 amide bonds. The molecule has 1 aromatic heterocycles. The van der Waals surface area contributed by atoms with Gasteiger partial charge in [0.05, 0.1) is 38.7 Å². The average molecular weight is 272 g/mol. The van der Waals surface area contributed by atoms with Crippen molar-refractivity contribution >= 4 is 5.97 Å². The summed E-state index contributed by atoms with van der Waals surface area (Å²) in [6, 6.07) is 0. The van der Waals surface area contributed by atoms with E-state index in [-0.39, 0.29) is 18.8 Å². The van der Waals surface area contributed by atoms with Crippen LogP contribution in [-0.4, -0.2) is 54.5 Å². The number of carbonyl (C=O) groups is 1. The third-order valence-corrected chi connectivity index (χ3v) is 2.38. The molecular formula is C11H20N4O4. The first-order chi connectivity index (χ1) is 9.24. The third kappa shape index (κ3) is 4.58. The van der Waals surface area contributed by atoms with Crippen molar-refractivity contribution in [3.8, 4) is 0 Å². The lowest BCUT2D eigenvalue weighted by molar-refractivity contribution is 0.0517. The Labute approximate surface area is 111 Å². The SMILES string of the molecule is CCOC(=O)c1nnn(CCOCCOC)c1CN. The summed E-state index contributed by atoms with van der Waals surface area (Å²) in [7, 11) is 1.61. The van der Waals surface area contributed by atoms with Crippen LogP contribution in [0.1, 0.15) is 23.1 Å². The van der Waals surface area contributed by atoms with E-state index >= 15 is 0 Å². The van der Waals surface area contributed by atoms with E-state index in [1.807, 2.05) is 0 Å². The van der Waals surface area contributed by atoms with Crippen LogP contribution < -0.4 is 5.73 Å². The number of esters is 1. The Morgan fingerprint density at radius 3 is 2.79 bits per heavy atom. The molecule has 2 N–H and O–H groups in total. The molecule has 0 saturated carbocycles. The van der Waals surface area contributed by atoms with Gasteiger partial charge in [0.25, 0.3) is 0 Å². The minimum atomic E-state index is -0.505. The monoisotopic (exact) mass is 272 g/mol. The summed E-state index contributed by atoms with van der Waals surface area (Å²) >= 11 is 0. The Bertz CT molecular complexity index is 394. The summed E-state index contributed by atoms with van der Waals surface area (Å²) in [5, 5.41) is 7.68. The standard InChI is InChI=1S/C11H20N4O4/c1-3-19-11(16)10-9(8-12)15(14-13-10)4-5-18-7-6-17-2/h3-8,12H2,1-2H3. The molecule has 0 aliphatic carbocycles. The van der Waals surface area contributed by atoms with Gasteiger partial charge in [-0.15, -0.1) is 5.10 Å². The van der Waals surface area contributed by atoms with Crippen molar-refractivity contribution in [2.75, 3.05) is 33.5 Å². The Morgan fingerprint density at radius 2 is 2.16 bits per heavy atom. The van der Waals surface area contributed by atoms with Crippen LogP contribution in [0.15, 0.2) is 0 Å². The highest BCUT2D eigenvalue weighted by Crippen LogP contribution is 2.06. The van der Waals surface area contributed by atoms with Gasteiger partial charge < -0.3 is 19.9 Å². The molecule has 19 heavy (non-hydrogen) atoms. The normalized spacial score (nSPS) is 10.7. The first kappa shape index (κ1) is 15.5. The molecule has 8 heteroatoms. The molecule has 108 valence electrons. The number of aromatic nitrogens is 3. The molecule has 1 heterocycles. The van der Waals surface area contributed by atoms with Gasteiger partial charge in [-0.25, -0.2) is 9.48 Å². The topological polar surface area (TPSA) is 101 Å². The molecule has 1 aromatic rings. The number of nitrogens with two attached hydrogens (primary N) is 1. The summed E-state index contributed by atoms with van der Waals surface area (Å²) < 4.78 is 16.6. The quantitative estimate of drug-likeness (QED) is 0.481. The van der Waals surface area contributed by atoms with Crippen LogP contribution in [0.4, 0.5) is 0 Å². The van der Waals surface area contributed by atoms with Crippen LogP contribution in [0.5, 0.6) is 0 Å². The molecule has 0 aliphatic rings. The highest BCUT2D eigenvalue weighted by molar-refractivity contribution is 5.88. The van der Waals surface area contributed by atoms with Crippen molar-refractivity contribution < 1.29 is 19.0 Å². The second kappa shape index (κ2) is 8.57. The smallest absolute Gasteiger partial charge is 0.360 e. The van der Waals surface area contributed by atoms with Crippen LogP contribution in [-0.2, 0) is 27.3 Å². The van der Waals surface area contributed by atoms with Crippen molar-refractivity contribution in [1.29, 1.82) is 0 Å². The van der Waals surface area contributed by atoms with Gasteiger partial charge >= 0.3 is 5.97 Å². The summed E-state index contributed by atoms with van der Waals surface area (Å²) in [6.07, 6.45) is 0. The van der Waals surface area contributed by atoms with E-state index in [9.17, 15) is 4.79 Å². The fraction of sp³-hybridized carbons (Fsp3) is 0.727. The maximum atomic E-state index is 11.6. The van der Waals surface area contributed by atoms with Gasteiger partial charge in [0.1, 0.15) is 0 Å². The predicted octanol–water partition coefficient (Wildman–Crippen LogP) is -0.423. The number of nitrogens with zero attached hydrogens (tertiary/aromatic N) is 3. The zero-order valence-corrected chi connectivity index (χ0v) is 11.3. The van der Waals surface area contributed by atoms with Crippen molar-refractivity contribution in [1.82, 2.24) is 15.0 Å². The van der Waals surface area contributed by atoms with Gasteiger partial charge in [0.15, 0.2) is 5.69 Å². The maximum absolute atomic E-state index is 11.6. The summed E-state index contributed by atoms with van der Waals surface area (Å²) in [6.45, 7) is 4.15. The first-order valence-electron chi connectivity index (χ1n) is 6.10. The van der Waals surface area contributed by atoms with Crippen molar-refractivity contribution in [3.63, 3.8) is 0 Å². The Balaban J connectivity index is 2.56. The van der Waals surface area contributed by atoms with Crippen molar-refractivity contribution in [3.05, 3.63) is 11.4 Å². The molecule has 0 saturated heterocycles. The molecule has 0 unspecified atom stereocenters. The van der Waals surface area contributed by atoms with Gasteiger partial charge in [-0.2, -0.15) is 0 Å². The van der Waals surface area contributed by atoms with Crippen LogP contribution >= 0.6 is 0 Å². The molecule has 1 rings (SSSR count). The fourth-order valence-corrected chi connectivity index (χ4v) is 1.47. The number of hydrogen-bond acceptors (Lipinski definition) is 7. The Morgan fingerprint density at radius 1 is 1.37 bits per heavy atom. The third-order valence-electron chi connectivity index (χ3n) is 2.38. The van der Waals surface area contributed by atoms with Gasteiger partial charge in [-0.3, -0.25) is 0 Å². The van der Waals surface area contributed by atoms with E-state index in [0.717, 1.165) is 0 Å². The largest absolute Gasteiger partial charge is 0.461 e. The Hall–Kier alpha value is -1.51. The summed E-state index contributed by atoms with van der Waals surface area (Å²) in [4.78, 5) is 11.6. The van der Waals surface area contributed by atoms with Crippen molar-refractivity contribution in [2.45, 2.75) is 20.0 Å². The van der Waals surface area contributed by atoms with Crippen LogP contribution in [0.3, 0.4) is 0 Å². The van der Waals surface area contributed by atoms with Crippen molar-refractivity contribution in [2.24, 2.45) is 5.73 Å². The number of ether oxygens (including phenoxy) is 3. The van der Waals surface area contributed by atoms with Crippen LogP contribution in [0.2, 0.25) is 0 Å². The number of hydrogen-bond donors (Lipinski definition) is 1. The van der Waals surface area contributed by atoms with Gasteiger partial charge in [0.2, 0.25) is 0 Å². The summed E-state index contributed by atoms with van der Waals surface area (Å²) in [5.74, 6) is -0.505. The van der Waals surface area contributed by atoms with E-state index in [1.165, 1.54) is 0 Å². The number of rotatable bonds is 9.